The Labute approximate surface area is 137 Å². The minimum absolute atomic E-state index is 0.0657. The summed E-state index contributed by atoms with van der Waals surface area (Å²) in [5, 5.41) is 2.88. The van der Waals surface area contributed by atoms with Gasteiger partial charge in [-0.2, -0.15) is 0 Å². The van der Waals surface area contributed by atoms with Crippen LogP contribution in [-0.2, 0) is 4.74 Å². The first-order valence-electron chi connectivity index (χ1n) is 7.82. The molecular weight excluding hydrogens is 286 g/mol. The molecule has 3 nitrogen and oxygen atoms in total. The fourth-order valence-electron chi connectivity index (χ4n) is 1.99. The molecule has 0 aliphatic heterocycles. The summed E-state index contributed by atoms with van der Waals surface area (Å²) in [6.07, 6.45) is 0.820. The van der Waals surface area contributed by atoms with Gasteiger partial charge in [0.25, 0.3) is 5.91 Å². The van der Waals surface area contributed by atoms with E-state index < -0.39 is 0 Å². The summed E-state index contributed by atoms with van der Waals surface area (Å²) in [7, 11) is 0. The molecule has 1 amide bonds. The van der Waals surface area contributed by atoms with Crippen molar-refractivity contribution in [1.82, 2.24) is 5.32 Å². The number of benzene rings is 2. The molecule has 0 heterocycles. The van der Waals surface area contributed by atoms with Crippen molar-refractivity contribution in [3.05, 3.63) is 71.3 Å². The van der Waals surface area contributed by atoms with Crippen molar-refractivity contribution in [3.8, 4) is 11.8 Å². The van der Waals surface area contributed by atoms with Crippen LogP contribution in [0.2, 0.25) is 0 Å². The molecule has 0 spiro atoms. The van der Waals surface area contributed by atoms with Crippen molar-refractivity contribution in [2.45, 2.75) is 13.3 Å². The van der Waals surface area contributed by atoms with Gasteiger partial charge in [0.15, 0.2) is 0 Å². The highest BCUT2D eigenvalue weighted by atomic mass is 16.5. The van der Waals surface area contributed by atoms with E-state index in [1.165, 1.54) is 0 Å². The highest BCUT2D eigenvalue weighted by Crippen LogP contribution is 2.04. The van der Waals surface area contributed by atoms with Gasteiger partial charge in [0.05, 0.1) is 0 Å². The molecular formula is C20H21NO2. The van der Waals surface area contributed by atoms with E-state index in [9.17, 15) is 4.79 Å². The number of amides is 1. The van der Waals surface area contributed by atoms with Crippen molar-refractivity contribution in [2.75, 3.05) is 19.8 Å². The standard InChI is InChI=1S/C20H21NO2/c1-2-23-16-6-15-21-20(22)19-13-11-18(12-14-19)10-9-17-7-4-3-5-8-17/h3-5,7-8,11-14H,2,6,15-16H2,1H3,(H,21,22). The van der Waals surface area contributed by atoms with Crippen LogP contribution >= 0.6 is 0 Å². The van der Waals surface area contributed by atoms with Gasteiger partial charge in [-0.1, -0.05) is 30.0 Å². The lowest BCUT2D eigenvalue weighted by atomic mass is 10.1. The molecule has 0 unspecified atom stereocenters. The Bertz CT molecular complexity index is 666. The molecule has 0 aliphatic rings. The third kappa shape index (κ3) is 5.98. The van der Waals surface area contributed by atoms with E-state index in [0.29, 0.717) is 25.3 Å². The third-order valence-corrected chi connectivity index (χ3v) is 3.23. The van der Waals surface area contributed by atoms with Gasteiger partial charge in [0.2, 0.25) is 0 Å². The lowest BCUT2D eigenvalue weighted by Crippen LogP contribution is -2.25. The molecule has 0 saturated carbocycles. The molecule has 0 aliphatic carbocycles. The summed E-state index contributed by atoms with van der Waals surface area (Å²) in [6.45, 7) is 3.96. The Balaban J connectivity index is 1.87. The van der Waals surface area contributed by atoms with Crippen LogP contribution < -0.4 is 5.32 Å². The lowest BCUT2D eigenvalue weighted by Gasteiger charge is -2.05. The second-order valence-corrected chi connectivity index (χ2v) is 5.00. The highest BCUT2D eigenvalue weighted by Gasteiger charge is 2.03. The van der Waals surface area contributed by atoms with Crippen LogP contribution in [0.25, 0.3) is 0 Å². The van der Waals surface area contributed by atoms with Gasteiger partial charge in [0.1, 0.15) is 0 Å². The molecule has 0 aromatic heterocycles. The zero-order valence-corrected chi connectivity index (χ0v) is 13.3. The fourth-order valence-corrected chi connectivity index (χ4v) is 1.99. The third-order valence-electron chi connectivity index (χ3n) is 3.23. The fraction of sp³-hybridized carbons (Fsp3) is 0.250. The summed E-state index contributed by atoms with van der Waals surface area (Å²) in [4.78, 5) is 12.0. The lowest BCUT2D eigenvalue weighted by molar-refractivity contribution is 0.0944. The van der Waals surface area contributed by atoms with E-state index in [1.54, 1.807) is 12.1 Å². The van der Waals surface area contributed by atoms with Gasteiger partial charge in [-0.25, -0.2) is 0 Å². The van der Waals surface area contributed by atoms with Crippen LogP contribution in [0.1, 0.15) is 34.8 Å². The first-order valence-corrected chi connectivity index (χ1v) is 7.82. The zero-order valence-electron chi connectivity index (χ0n) is 13.3. The summed E-state index contributed by atoms with van der Waals surface area (Å²) in [6, 6.07) is 17.2. The van der Waals surface area contributed by atoms with Gasteiger partial charge in [-0.3, -0.25) is 4.79 Å². The maximum Gasteiger partial charge on any atom is 0.251 e. The van der Waals surface area contributed by atoms with E-state index in [0.717, 1.165) is 17.5 Å². The summed E-state index contributed by atoms with van der Waals surface area (Å²) in [5.41, 5.74) is 2.51. The van der Waals surface area contributed by atoms with Gasteiger partial charge in [-0.05, 0) is 49.7 Å². The number of hydrogen-bond acceptors (Lipinski definition) is 2. The topological polar surface area (TPSA) is 38.3 Å². The van der Waals surface area contributed by atoms with Crippen molar-refractivity contribution in [2.24, 2.45) is 0 Å². The number of ether oxygens (including phenoxy) is 1. The van der Waals surface area contributed by atoms with E-state index >= 15 is 0 Å². The van der Waals surface area contributed by atoms with E-state index in [-0.39, 0.29) is 5.91 Å². The van der Waals surface area contributed by atoms with E-state index in [2.05, 4.69) is 17.2 Å². The van der Waals surface area contributed by atoms with Gasteiger partial charge in [0, 0.05) is 36.4 Å². The van der Waals surface area contributed by atoms with E-state index in [1.807, 2.05) is 49.4 Å². The number of rotatable bonds is 6. The molecule has 0 bridgehead atoms. The second-order valence-electron chi connectivity index (χ2n) is 5.00. The Kier molecular flexibility index (Phi) is 6.90. The average molecular weight is 307 g/mol. The SMILES string of the molecule is CCOCCCNC(=O)c1ccc(C#Cc2ccccc2)cc1. The molecule has 2 aromatic carbocycles. The normalized spacial score (nSPS) is 9.78. The Morgan fingerprint density at radius 3 is 2.30 bits per heavy atom. The molecule has 118 valence electrons. The summed E-state index contributed by atoms with van der Waals surface area (Å²) >= 11 is 0. The van der Waals surface area contributed by atoms with Crippen LogP contribution in [0.3, 0.4) is 0 Å². The van der Waals surface area contributed by atoms with Crippen molar-refractivity contribution in [3.63, 3.8) is 0 Å². The minimum Gasteiger partial charge on any atom is -0.382 e. The number of carbonyl (C=O) groups excluding carboxylic acids is 1. The first-order chi connectivity index (χ1) is 11.3. The number of carbonyl (C=O) groups is 1. The average Bonchev–Trinajstić information content (AvgIpc) is 2.61. The van der Waals surface area contributed by atoms with Crippen LogP contribution in [0.15, 0.2) is 54.6 Å². The molecule has 0 fully saturated rings. The molecule has 0 radical (unpaired) electrons. The minimum atomic E-state index is -0.0657. The van der Waals surface area contributed by atoms with E-state index in [4.69, 9.17) is 4.74 Å². The van der Waals surface area contributed by atoms with Crippen LogP contribution in [-0.4, -0.2) is 25.7 Å². The van der Waals surface area contributed by atoms with Crippen molar-refractivity contribution in [1.29, 1.82) is 0 Å². The number of nitrogens with one attached hydrogen (secondary N) is 1. The Morgan fingerprint density at radius 1 is 1.00 bits per heavy atom. The molecule has 1 N–H and O–H groups in total. The number of hydrogen-bond donors (Lipinski definition) is 1. The highest BCUT2D eigenvalue weighted by molar-refractivity contribution is 5.94. The second kappa shape index (κ2) is 9.45. The predicted octanol–water partition coefficient (Wildman–Crippen LogP) is 3.24. The quantitative estimate of drug-likeness (QED) is 0.657. The van der Waals surface area contributed by atoms with Crippen LogP contribution in [0.5, 0.6) is 0 Å². The molecule has 23 heavy (non-hydrogen) atoms. The smallest absolute Gasteiger partial charge is 0.251 e. The molecule has 0 saturated heterocycles. The van der Waals surface area contributed by atoms with Gasteiger partial charge < -0.3 is 10.1 Å². The summed E-state index contributed by atoms with van der Waals surface area (Å²) < 4.78 is 5.23. The predicted molar refractivity (Wildman–Crippen MR) is 92.3 cm³/mol. The molecule has 2 aromatic rings. The van der Waals surface area contributed by atoms with Crippen LogP contribution in [0, 0.1) is 11.8 Å². The Hall–Kier alpha value is -2.57. The van der Waals surface area contributed by atoms with Crippen molar-refractivity contribution < 1.29 is 9.53 Å². The summed E-state index contributed by atoms with van der Waals surface area (Å²) in [5.74, 6) is 6.13. The molecule has 2 rings (SSSR count). The molecule has 0 atom stereocenters. The monoisotopic (exact) mass is 307 g/mol. The van der Waals surface area contributed by atoms with Crippen LogP contribution in [0.4, 0.5) is 0 Å². The van der Waals surface area contributed by atoms with Crippen molar-refractivity contribution >= 4 is 5.91 Å². The Morgan fingerprint density at radius 2 is 1.65 bits per heavy atom. The van der Waals surface area contributed by atoms with Gasteiger partial charge >= 0.3 is 0 Å². The van der Waals surface area contributed by atoms with Gasteiger partial charge in [-0.15, -0.1) is 0 Å². The first kappa shape index (κ1) is 16.8. The maximum atomic E-state index is 12.0. The maximum absolute atomic E-state index is 12.0. The largest absolute Gasteiger partial charge is 0.382 e. The molecule has 3 heteroatoms. The zero-order chi connectivity index (χ0) is 16.3.